The Morgan fingerprint density at radius 2 is 1.35 bits per heavy atom. The lowest BCUT2D eigenvalue weighted by atomic mass is 10.0. The summed E-state index contributed by atoms with van der Waals surface area (Å²) in [6.07, 6.45) is 1.47. The molecule has 0 bridgehead atoms. The summed E-state index contributed by atoms with van der Waals surface area (Å²) in [6, 6.07) is 21.0. The molecular weight excluding hydrogens is 530 g/mol. The molecule has 3 aromatic carbocycles. The van der Waals surface area contributed by atoms with Gasteiger partial charge in [0.2, 0.25) is 0 Å². The van der Waals surface area contributed by atoms with Crippen LogP contribution in [0.4, 0.5) is 16.2 Å². The highest BCUT2D eigenvalue weighted by Gasteiger charge is 2.43. The summed E-state index contributed by atoms with van der Waals surface area (Å²) in [4.78, 5) is 54.7. The third-order valence-corrected chi connectivity index (χ3v) is 7.09. The summed E-state index contributed by atoms with van der Waals surface area (Å²) >= 11 is 6.06. The molecule has 9 heteroatoms. The van der Waals surface area contributed by atoms with E-state index >= 15 is 0 Å². The Kier molecular flexibility index (Phi) is 6.87. The maximum absolute atomic E-state index is 13.7. The molecule has 1 aromatic heterocycles. The van der Waals surface area contributed by atoms with E-state index in [0.29, 0.717) is 28.3 Å². The van der Waals surface area contributed by atoms with Crippen LogP contribution in [0.5, 0.6) is 0 Å². The number of carboxylic acids is 1. The van der Waals surface area contributed by atoms with Crippen molar-refractivity contribution in [1.29, 1.82) is 0 Å². The normalized spacial score (nSPS) is 14.8. The number of halogens is 1. The molecule has 4 aromatic rings. The smallest absolute Gasteiger partial charge is 0.343 e. The molecule has 40 heavy (non-hydrogen) atoms. The molecule has 0 radical (unpaired) electrons. The molecule has 0 atom stereocenters. The van der Waals surface area contributed by atoms with Crippen molar-refractivity contribution in [3.05, 3.63) is 118 Å². The number of amides is 4. The summed E-state index contributed by atoms with van der Waals surface area (Å²) in [6.45, 7) is 5.52. The fourth-order valence-corrected chi connectivity index (χ4v) is 4.96. The molecule has 0 spiro atoms. The van der Waals surface area contributed by atoms with Crippen LogP contribution in [0.25, 0.3) is 11.8 Å². The molecule has 200 valence electrons. The summed E-state index contributed by atoms with van der Waals surface area (Å²) in [5, 5.41) is 9.63. The minimum atomic E-state index is -1.16. The first-order valence-electron chi connectivity index (χ1n) is 12.4. The Balaban J connectivity index is 1.65. The topological polar surface area (TPSA) is 99.9 Å². The van der Waals surface area contributed by atoms with Gasteiger partial charge >= 0.3 is 12.0 Å². The highest BCUT2D eigenvalue weighted by molar-refractivity contribution is 6.46. The third-order valence-electron chi connectivity index (χ3n) is 6.76. The van der Waals surface area contributed by atoms with Gasteiger partial charge in [0, 0.05) is 17.1 Å². The van der Waals surface area contributed by atoms with E-state index in [-0.39, 0.29) is 16.2 Å². The van der Waals surface area contributed by atoms with Gasteiger partial charge in [-0.05, 0) is 80.9 Å². The fourth-order valence-electron chi connectivity index (χ4n) is 4.76. The highest BCUT2D eigenvalue weighted by Crippen LogP contribution is 2.32. The Labute approximate surface area is 235 Å². The van der Waals surface area contributed by atoms with Crippen LogP contribution in [0, 0.1) is 20.8 Å². The number of aromatic nitrogens is 1. The number of rotatable bonds is 5. The summed E-state index contributed by atoms with van der Waals surface area (Å²) < 4.78 is 1.81. The molecule has 4 amide bonds. The second kappa shape index (κ2) is 10.3. The van der Waals surface area contributed by atoms with Crippen molar-refractivity contribution >= 4 is 52.9 Å². The first-order valence-corrected chi connectivity index (χ1v) is 12.7. The number of para-hydroxylation sites is 1. The molecule has 1 fully saturated rings. The number of benzene rings is 3. The highest BCUT2D eigenvalue weighted by atomic mass is 35.5. The standard InChI is InChI=1S/C31H24ClN3O5/c1-18-9-11-23(12-10-18)35-29(37)26(28(36)34(31(35)40)22-7-5-4-6-8-22)16-21-15-19(2)33(20(21)3)24-13-14-27(32)25(17-24)30(38)39/h4-17H,1-3H3,(H,38,39)/b26-16+. The van der Waals surface area contributed by atoms with Crippen LogP contribution < -0.4 is 9.80 Å². The number of urea groups is 1. The Bertz CT molecular complexity index is 1720. The predicted octanol–water partition coefficient (Wildman–Crippen LogP) is 6.34. The SMILES string of the molecule is Cc1ccc(N2C(=O)/C(=C/c3cc(C)n(-c4ccc(Cl)c(C(=O)O)c4)c3C)C(=O)N(c3ccccc3)C2=O)cc1. The van der Waals surface area contributed by atoms with Crippen LogP contribution in [-0.4, -0.2) is 33.5 Å². The third kappa shape index (κ3) is 4.58. The van der Waals surface area contributed by atoms with Crippen molar-refractivity contribution < 1.29 is 24.3 Å². The Morgan fingerprint density at radius 1 is 0.775 bits per heavy atom. The molecule has 1 N–H and O–H groups in total. The largest absolute Gasteiger partial charge is 0.478 e. The van der Waals surface area contributed by atoms with Gasteiger partial charge in [-0.3, -0.25) is 9.59 Å². The van der Waals surface area contributed by atoms with Crippen molar-refractivity contribution in [2.45, 2.75) is 20.8 Å². The first kappa shape index (κ1) is 26.6. The van der Waals surface area contributed by atoms with Gasteiger partial charge in [-0.1, -0.05) is 47.5 Å². The predicted molar refractivity (Wildman–Crippen MR) is 153 cm³/mol. The van der Waals surface area contributed by atoms with Gasteiger partial charge < -0.3 is 9.67 Å². The van der Waals surface area contributed by atoms with Crippen LogP contribution in [-0.2, 0) is 9.59 Å². The summed E-state index contributed by atoms with van der Waals surface area (Å²) in [7, 11) is 0. The van der Waals surface area contributed by atoms with Crippen LogP contribution in [0.1, 0.15) is 32.9 Å². The first-order chi connectivity index (χ1) is 19.1. The maximum atomic E-state index is 13.7. The number of aromatic carboxylic acids is 1. The number of barbiturate groups is 1. The Morgan fingerprint density at radius 3 is 1.95 bits per heavy atom. The Hall–Kier alpha value is -4.95. The number of hydrogen-bond donors (Lipinski definition) is 1. The molecule has 1 aliphatic rings. The second-order valence-electron chi connectivity index (χ2n) is 9.42. The zero-order chi connectivity index (χ0) is 28.7. The van der Waals surface area contributed by atoms with Gasteiger partial charge in [0.25, 0.3) is 11.8 Å². The van der Waals surface area contributed by atoms with E-state index < -0.39 is 23.8 Å². The summed E-state index contributed by atoms with van der Waals surface area (Å²) in [5.41, 5.74) is 3.92. The average molecular weight is 554 g/mol. The number of anilines is 2. The number of carboxylic acid groups (broad SMARTS) is 1. The number of carbonyl (C=O) groups is 4. The number of nitrogens with zero attached hydrogens (tertiary/aromatic N) is 3. The van der Waals surface area contributed by atoms with Crippen LogP contribution in [0.15, 0.2) is 84.4 Å². The van der Waals surface area contributed by atoms with Crippen molar-refractivity contribution in [3.8, 4) is 5.69 Å². The molecular formula is C31H24ClN3O5. The fraction of sp³-hybridized carbons (Fsp3) is 0.0968. The monoisotopic (exact) mass is 553 g/mol. The van der Waals surface area contributed by atoms with E-state index in [1.54, 1.807) is 73.7 Å². The number of carbonyl (C=O) groups excluding carboxylic acids is 3. The average Bonchev–Trinajstić information content (AvgIpc) is 3.21. The minimum Gasteiger partial charge on any atom is -0.478 e. The van der Waals surface area contributed by atoms with Crippen molar-refractivity contribution in [2.75, 3.05) is 9.80 Å². The molecule has 1 aliphatic heterocycles. The zero-order valence-electron chi connectivity index (χ0n) is 21.9. The van der Waals surface area contributed by atoms with Crippen LogP contribution in [0.3, 0.4) is 0 Å². The quantitative estimate of drug-likeness (QED) is 0.230. The lowest BCUT2D eigenvalue weighted by Gasteiger charge is -2.34. The molecule has 8 nitrogen and oxygen atoms in total. The number of imide groups is 2. The van der Waals surface area contributed by atoms with E-state index in [4.69, 9.17) is 11.6 Å². The maximum Gasteiger partial charge on any atom is 0.343 e. The van der Waals surface area contributed by atoms with E-state index in [0.717, 1.165) is 21.1 Å². The lowest BCUT2D eigenvalue weighted by Crippen LogP contribution is -2.57. The van der Waals surface area contributed by atoms with Crippen LogP contribution >= 0.6 is 11.6 Å². The van der Waals surface area contributed by atoms with E-state index in [1.165, 1.54) is 18.2 Å². The summed E-state index contributed by atoms with van der Waals surface area (Å²) in [5.74, 6) is -2.64. The second-order valence-corrected chi connectivity index (χ2v) is 9.83. The molecule has 0 aliphatic carbocycles. The lowest BCUT2D eigenvalue weighted by molar-refractivity contribution is -0.121. The number of hydrogen-bond acceptors (Lipinski definition) is 4. The van der Waals surface area contributed by atoms with Crippen molar-refractivity contribution in [3.63, 3.8) is 0 Å². The van der Waals surface area contributed by atoms with E-state index in [2.05, 4.69) is 0 Å². The van der Waals surface area contributed by atoms with E-state index in [1.807, 2.05) is 18.4 Å². The molecule has 5 rings (SSSR count). The minimum absolute atomic E-state index is 0.0463. The van der Waals surface area contributed by atoms with Gasteiger partial charge in [0.1, 0.15) is 5.57 Å². The zero-order valence-corrected chi connectivity index (χ0v) is 22.6. The van der Waals surface area contributed by atoms with Gasteiger partial charge in [-0.2, -0.15) is 0 Å². The molecule has 0 saturated carbocycles. The molecule has 1 saturated heterocycles. The van der Waals surface area contributed by atoms with Crippen molar-refractivity contribution in [2.24, 2.45) is 0 Å². The van der Waals surface area contributed by atoms with Crippen molar-refractivity contribution in [1.82, 2.24) is 4.57 Å². The van der Waals surface area contributed by atoms with Gasteiger partial charge in [0.05, 0.1) is 22.0 Å². The van der Waals surface area contributed by atoms with Gasteiger partial charge in [-0.25, -0.2) is 19.4 Å². The molecule has 0 unspecified atom stereocenters. The van der Waals surface area contributed by atoms with Gasteiger partial charge in [-0.15, -0.1) is 0 Å². The van der Waals surface area contributed by atoms with E-state index in [9.17, 15) is 24.3 Å². The van der Waals surface area contributed by atoms with Crippen LogP contribution in [0.2, 0.25) is 5.02 Å². The van der Waals surface area contributed by atoms with Gasteiger partial charge in [0.15, 0.2) is 0 Å². The number of aryl methyl sites for hydroxylation is 2. The molecule has 2 heterocycles.